The summed E-state index contributed by atoms with van der Waals surface area (Å²) >= 11 is 0. The molecule has 5 heteroatoms. The van der Waals surface area contributed by atoms with Crippen LogP contribution in [0.2, 0.25) is 0 Å². The lowest BCUT2D eigenvalue weighted by atomic mass is 10.1. The van der Waals surface area contributed by atoms with Gasteiger partial charge in [-0.25, -0.2) is 9.97 Å². The highest BCUT2D eigenvalue weighted by Crippen LogP contribution is 2.36. The summed E-state index contributed by atoms with van der Waals surface area (Å²) in [5.41, 5.74) is 3.07. The lowest BCUT2D eigenvalue weighted by Crippen LogP contribution is -2.35. The highest BCUT2D eigenvalue weighted by molar-refractivity contribution is 5.93. The molecule has 0 radical (unpaired) electrons. The van der Waals surface area contributed by atoms with Crippen LogP contribution in [0.15, 0.2) is 36.7 Å². The number of amides is 1. The summed E-state index contributed by atoms with van der Waals surface area (Å²) in [6.45, 7) is 3.87. The van der Waals surface area contributed by atoms with E-state index in [0.717, 1.165) is 32.4 Å². The molecule has 0 N–H and O–H groups in total. The third-order valence-corrected chi connectivity index (χ3v) is 4.95. The van der Waals surface area contributed by atoms with E-state index >= 15 is 0 Å². The smallest absolute Gasteiger partial charge is 0.256 e. The van der Waals surface area contributed by atoms with Crippen molar-refractivity contribution in [3.63, 3.8) is 0 Å². The first-order chi connectivity index (χ1) is 11.7. The standard InChI is InChI=1S/C19H22N4O/c1-14-11-15-7-3-4-8-17(15)23(14)19-20-12-16(13-21-19)18(24)22-9-5-2-6-10-22/h3-4,7-8,12-14H,2,5-6,9-11H2,1H3. The zero-order valence-corrected chi connectivity index (χ0v) is 14.0. The molecule has 1 aromatic carbocycles. The second-order valence-electron chi connectivity index (χ2n) is 6.68. The van der Waals surface area contributed by atoms with Crippen LogP contribution < -0.4 is 4.90 Å². The molecule has 2 aromatic rings. The van der Waals surface area contributed by atoms with E-state index < -0.39 is 0 Å². The van der Waals surface area contributed by atoms with Crippen molar-refractivity contribution in [3.05, 3.63) is 47.8 Å². The van der Waals surface area contributed by atoms with E-state index in [1.807, 2.05) is 11.0 Å². The molecule has 4 rings (SSSR count). The monoisotopic (exact) mass is 322 g/mol. The van der Waals surface area contributed by atoms with Gasteiger partial charge in [0.05, 0.1) is 5.56 Å². The minimum atomic E-state index is 0.0520. The Morgan fingerprint density at radius 3 is 2.54 bits per heavy atom. The van der Waals surface area contributed by atoms with Crippen molar-refractivity contribution in [2.75, 3.05) is 18.0 Å². The molecule has 0 aliphatic carbocycles. The molecule has 1 atom stereocenters. The minimum absolute atomic E-state index is 0.0520. The first kappa shape index (κ1) is 15.1. The largest absolute Gasteiger partial charge is 0.339 e. The van der Waals surface area contributed by atoms with E-state index in [1.165, 1.54) is 17.7 Å². The highest BCUT2D eigenvalue weighted by Gasteiger charge is 2.29. The Kier molecular flexibility index (Phi) is 3.92. The van der Waals surface area contributed by atoms with Crippen molar-refractivity contribution in [2.24, 2.45) is 0 Å². The maximum atomic E-state index is 12.5. The van der Waals surface area contributed by atoms with Gasteiger partial charge < -0.3 is 9.80 Å². The van der Waals surface area contributed by atoms with Crippen LogP contribution in [0.5, 0.6) is 0 Å². The van der Waals surface area contributed by atoms with Gasteiger partial charge in [-0.2, -0.15) is 0 Å². The molecule has 2 aliphatic heterocycles. The molecule has 1 unspecified atom stereocenters. The summed E-state index contributed by atoms with van der Waals surface area (Å²) in [5.74, 6) is 0.721. The number of carbonyl (C=O) groups is 1. The molecule has 0 bridgehead atoms. The van der Waals surface area contributed by atoms with Crippen LogP contribution in [0, 0.1) is 0 Å². The van der Waals surface area contributed by atoms with E-state index in [-0.39, 0.29) is 5.91 Å². The number of nitrogens with zero attached hydrogens (tertiary/aromatic N) is 4. The van der Waals surface area contributed by atoms with Crippen molar-refractivity contribution in [3.8, 4) is 0 Å². The second kappa shape index (κ2) is 6.23. The maximum absolute atomic E-state index is 12.5. The molecule has 0 saturated carbocycles. The molecule has 3 heterocycles. The zero-order valence-electron chi connectivity index (χ0n) is 14.0. The molecule has 1 saturated heterocycles. The van der Waals surface area contributed by atoms with Crippen LogP contribution >= 0.6 is 0 Å². The number of likely N-dealkylation sites (tertiary alicyclic amines) is 1. The van der Waals surface area contributed by atoms with Gasteiger partial charge >= 0.3 is 0 Å². The van der Waals surface area contributed by atoms with Gasteiger partial charge in [-0.15, -0.1) is 0 Å². The van der Waals surface area contributed by atoms with Crippen molar-refractivity contribution in [1.29, 1.82) is 0 Å². The minimum Gasteiger partial charge on any atom is -0.339 e. The number of rotatable bonds is 2. The van der Waals surface area contributed by atoms with Crippen LogP contribution in [0.1, 0.15) is 42.1 Å². The van der Waals surface area contributed by atoms with Gasteiger partial charge in [0.1, 0.15) is 0 Å². The fourth-order valence-corrected chi connectivity index (χ4v) is 3.71. The van der Waals surface area contributed by atoms with Crippen molar-refractivity contribution < 1.29 is 4.79 Å². The average molecular weight is 322 g/mol. The van der Waals surface area contributed by atoms with Gasteiger partial charge in [-0.1, -0.05) is 18.2 Å². The van der Waals surface area contributed by atoms with Gasteiger partial charge in [0.25, 0.3) is 5.91 Å². The second-order valence-corrected chi connectivity index (χ2v) is 6.68. The number of aromatic nitrogens is 2. The number of piperidine rings is 1. The molecular weight excluding hydrogens is 300 g/mol. The Morgan fingerprint density at radius 1 is 1.08 bits per heavy atom. The van der Waals surface area contributed by atoms with Crippen LogP contribution in [0.25, 0.3) is 0 Å². The topological polar surface area (TPSA) is 49.3 Å². The third-order valence-electron chi connectivity index (χ3n) is 4.95. The molecule has 1 fully saturated rings. The fourth-order valence-electron chi connectivity index (χ4n) is 3.71. The Hall–Kier alpha value is -2.43. The number of fused-ring (bicyclic) bond motifs is 1. The number of anilines is 2. The highest BCUT2D eigenvalue weighted by atomic mass is 16.2. The lowest BCUT2D eigenvalue weighted by Gasteiger charge is -2.27. The summed E-state index contributed by atoms with van der Waals surface area (Å²) in [7, 11) is 0. The van der Waals surface area contributed by atoms with Crippen molar-refractivity contribution in [2.45, 2.75) is 38.6 Å². The predicted octanol–water partition coefficient (Wildman–Crippen LogP) is 3.19. The van der Waals surface area contributed by atoms with E-state index in [0.29, 0.717) is 17.6 Å². The van der Waals surface area contributed by atoms with Crippen molar-refractivity contribution >= 4 is 17.5 Å². The predicted molar refractivity (Wildman–Crippen MR) is 93.5 cm³/mol. The van der Waals surface area contributed by atoms with E-state index in [4.69, 9.17) is 0 Å². The lowest BCUT2D eigenvalue weighted by molar-refractivity contribution is 0.0723. The Morgan fingerprint density at radius 2 is 1.79 bits per heavy atom. The van der Waals surface area contributed by atoms with Gasteiger partial charge in [0, 0.05) is 37.2 Å². The van der Waals surface area contributed by atoms with E-state index in [9.17, 15) is 4.79 Å². The van der Waals surface area contributed by atoms with Crippen LogP contribution in [-0.2, 0) is 6.42 Å². The number of hydrogen-bond donors (Lipinski definition) is 0. The molecule has 2 aliphatic rings. The average Bonchev–Trinajstić information content (AvgIpc) is 2.98. The van der Waals surface area contributed by atoms with Crippen molar-refractivity contribution in [1.82, 2.24) is 14.9 Å². The number of carbonyl (C=O) groups excluding carboxylic acids is 1. The Labute approximate surface area is 142 Å². The van der Waals surface area contributed by atoms with E-state index in [1.54, 1.807) is 12.4 Å². The SMILES string of the molecule is CC1Cc2ccccc2N1c1ncc(C(=O)N2CCCCC2)cn1. The number of benzene rings is 1. The summed E-state index contributed by atoms with van der Waals surface area (Å²) < 4.78 is 0. The summed E-state index contributed by atoms with van der Waals surface area (Å²) in [6.07, 6.45) is 7.73. The summed E-state index contributed by atoms with van der Waals surface area (Å²) in [6, 6.07) is 8.69. The van der Waals surface area contributed by atoms with Crippen LogP contribution in [0.4, 0.5) is 11.6 Å². The summed E-state index contributed by atoms with van der Waals surface area (Å²) in [4.78, 5) is 25.6. The zero-order chi connectivity index (χ0) is 16.5. The molecule has 124 valence electrons. The first-order valence-corrected chi connectivity index (χ1v) is 8.72. The normalized spacial score (nSPS) is 20.1. The molecule has 24 heavy (non-hydrogen) atoms. The molecular formula is C19H22N4O. The fraction of sp³-hybridized carbons (Fsp3) is 0.421. The molecule has 0 spiro atoms. The Balaban J connectivity index is 1.57. The van der Waals surface area contributed by atoms with Gasteiger partial charge in [0.2, 0.25) is 5.95 Å². The van der Waals surface area contributed by atoms with Gasteiger partial charge in [0.15, 0.2) is 0 Å². The Bertz CT molecular complexity index is 737. The van der Waals surface area contributed by atoms with Crippen LogP contribution in [0.3, 0.4) is 0 Å². The molecule has 5 nitrogen and oxygen atoms in total. The van der Waals surface area contributed by atoms with Gasteiger partial charge in [-0.3, -0.25) is 4.79 Å². The number of para-hydroxylation sites is 1. The first-order valence-electron chi connectivity index (χ1n) is 8.72. The quantitative estimate of drug-likeness (QED) is 0.852. The third kappa shape index (κ3) is 2.64. The maximum Gasteiger partial charge on any atom is 0.256 e. The molecule has 1 aromatic heterocycles. The molecule has 1 amide bonds. The van der Waals surface area contributed by atoms with Gasteiger partial charge in [-0.05, 0) is 44.2 Å². The number of hydrogen-bond acceptors (Lipinski definition) is 4. The summed E-state index contributed by atoms with van der Waals surface area (Å²) in [5, 5.41) is 0. The van der Waals surface area contributed by atoms with E-state index in [2.05, 4.69) is 40.0 Å². The van der Waals surface area contributed by atoms with Crippen LogP contribution in [-0.4, -0.2) is 39.9 Å².